The van der Waals surface area contributed by atoms with Crippen LogP contribution in [-0.4, -0.2) is 46.1 Å². The number of allylic oxidation sites excluding steroid dienone is 6. The highest BCUT2D eigenvalue weighted by Gasteiger charge is 2.68. The zero-order chi connectivity index (χ0) is 22.1. The Hall–Kier alpha value is -1.76. The third-order valence-electron chi connectivity index (χ3n) is 8.12. The second-order valence-corrected chi connectivity index (χ2v) is 10.00. The maximum absolute atomic E-state index is 12.9. The number of ketones is 2. The number of aliphatic hydroxyl groups is 2. The first kappa shape index (κ1) is 21.5. The molecule has 0 amide bonds. The molecule has 2 fully saturated rings. The summed E-state index contributed by atoms with van der Waals surface area (Å²) in [6.07, 6.45) is 7.02. The molecule has 4 unspecified atom stereocenters. The predicted octanol–water partition coefficient (Wildman–Crippen LogP) is 2.47. The normalized spacial score (nSPS) is 44.4. The van der Waals surface area contributed by atoms with Gasteiger partial charge in [0.2, 0.25) is 5.78 Å². The second kappa shape index (κ2) is 6.87. The van der Waals surface area contributed by atoms with Gasteiger partial charge >= 0.3 is 5.97 Å². The lowest BCUT2D eigenvalue weighted by molar-refractivity contribution is -0.175. The van der Waals surface area contributed by atoms with Crippen molar-refractivity contribution < 1.29 is 29.3 Å². The van der Waals surface area contributed by atoms with Gasteiger partial charge < -0.3 is 14.9 Å². The van der Waals surface area contributed by atoms with Gasteiger partial charge in [0.1, 0.15) is 5.60 Å². The number of carbonyl (C=O) groups excluding carboxylic acids is 3. The summed E-state index contributed by atoms with van der Waals surface area (Å²) in [5, 5.41) is 23.2. The number of hydrogen-bond acceptors (Lipinski definition) is 6. The van der Waals surface area contributed by atoms with E-state index in [9.17, 15) is 24.6 Å². The Morgan fingerprint density at radius 2 is 2.03 bits per heavy atom. The van der Waals surface area contributed by atoms with Crippen LogP contribution < -0.4 is 0 Å². The number of fused-ring (bicyclic) bond motifs is 5. The monoisotopic (exact) mass is 434 g/mol. The third-order valence-corrected chi connectivity index (χ3v) is 8.45. The van der Waals surface area contributed by atoms with Crippen LogP contribution in [0.3, 0.4) is 0 Å². The SMILES string of the molecule is CC(=O)OCC(=O)[C@@]1(O)CCC2C3C=C(Cl)C4=CC(=O)C=C[C@]4(C)C3C(O)C[C@@]21C. The maximum Gasteiger partial charge on any atom is 0.303 e. The van der Waals surface area contributed by atoms with Crippen LogP contribution in [0.4, 0.5) is 0 Å². The summed E-state index contributed by atoms with van der Waals surface area (Å²) in [5.41, 5.74) is -2.47. The molecule has 0 radical (unpaired) electrons. The lowest BCUT2D eigenvalue weighted by Gasteiger charge is -2.58. The van der Waals surface area contributed by atoms with Crippen molar-refractivity contribution in [1.82, 2.24) is 0 Å². The molecule has 0 spiro atoms. The molecule has 0 aliphatic heterocycles. The number of aliphatic hydroxyl groups excluding tert-OH is 1. The highest BCUT2D eigenvalue weighted by atomic mass is 35.5. The highest BCUT2D eigenvalue weighted by molar-refractivity contribution is 6.32. The van der Waals surface area contributed by atoms with Crippen LogP contribution in [0.25, 0.3) is 0 Å². The van der Waals surface area contributed by atoms with Gasteiger partial charge in [-0.25, -0.2) is 0 Å². The number of esters is 1. The molecule has 30 heavy (non-hydrogen) atoms. The Morgan fingerprint density at radius 3 is 2.70 bits per heavy atom. The lowest BCUT2D eigenvalue weighted by atomic mass is 9.48. The Morgan fingerprint density at radius 1 is 1.33 bits per heavy atom. The summed E-state index contributed by atoms with van der Waals surface area (Å²) >= 11 is 6.60. The standard InChI is InChI=1S/C23H27ClO6/c1-12(25)30-11-19(28)23(29)7-5-15-14-9-17(24)16-8-13(26)4-6-21(16,2)20(14)18(27)10-22(15,23)3/h4,6,8-9,14-15,18,20,27,29H,5,7,10-11H2,1-3H3/t14?,15?,18?,20?,21-,22-,23-/m0/s1. The van der Waals surface area contributed by atoms with E-state index in [0.29, 0.717) is 17.0 Å². The van der Waals surface area contributed by atoms with E-state index < -0.39 is 40.9 Å². The molecule has 2 saturated carbocycles. The summed E-state index contributed by atoms with van der Waals surface area (Å²) in [7, 11) is 0. The molecule has 4 aliphatic carbocycles. The molecule has 0 aromatic heterocycles. The molecule has 0 aromatic rings. The number of halogens is 1. The lowest BCUT2D eigenvalue weighted by Crippen LogP contribution is -2.61. The number of hydrogen-bond donors (Lipinski definition) is 2. The van der Waals surface area contributed by atoms with Crippen molar-refractivity contribution in [3.63, 3.8) is 0 Å². The van der Waals surface area contributed by atoms with Gasteiger partial charge in [-0.15, -0.1) is 0 Å². The molecule has 7 atom stereocenters. The van der Waals surface area contributed by atoms with E-state index >= 15 is 0 Å². The van der Waals surface area contributed by atoms with Gasteiger partial charge in [-0.05, 0) is 48.8 Å². The average molecular weight is 435 g/mol. The minimum absolute atomic E-state index is 0.0877. The number of ether oxygens (including phenoxy) is 1. The quantitative estimate of drug-likeness (QED) is 0.662. The van der Waals surface area contributed by atoms with Crippen LogP contribution >= 0.6 is 11.6 Å². The Bertz CT molecular complexity index is 919. The van der Waals surface area contributed by atoms with Crippen LogP contribution in [0.2, 0.25) is 0 Å². The van der Waals surface area contributed by atoms with Crippen molar-refractivity contribution in [2.75, 3.05) is 6.61 Å². The number of carbonyl (C=O) groups is 3. The molecule has 0 saturated heterocycles. The molecular formula is C23H27ClO6. The zero-order valence-electron chi connectivity index (χ0n) is 17.4. The van der Waals surface area contributed by atoms with Gasteiger partial charge in [0, 0.05) is 28.7 Å². The van der Waals surface area contributed by atoms with Crippen LogP contribution in [0.15, 0.2) is 34.9 Å². The second-order valence-electron chi connectivity index (χ2n) is 9.59. The third kappa shape index (κ3) is 2.80. The topological polar surface area (TPSA) is 101 Å². The van der Waals surface area contributed by atoms with E-state index in [0.717, 1.165) is 0 Å². The van der Waals surface area contributed by atoms with Crippen molar-refractivity contribution in [3.8, 4) is 0 Å². The van der Waals surface area contributed by atoms with Crippen molar-refractivity contribution in [2.24, 2.45) is 28.6 Å². The summed E-state index contributed by atoms with van der Waals surface area (Å²) in [6.45, 7) is 4.55. The minimum Gasteiger partial charge on any atom is -0.458 e. The van der Waals surface area contributed by atoms with Gasteiger partial charge in [-0.3, -0.25) is 14.4 Å². The molecule has 0 bridgehead atoms. The first-order valence-electron chi connectivity index (χ1n) is 10.3. The van der Waals surface area contributed by atoms with E-state index in [-0.39, 0.29) is 36.4 Å². The average Bonchev–Trinajstić information content (AvgIpc) is 2.93. The molecule has 6 nitrogen and oxygen atoms in total. The molecule has 4 aliphatic rings. The van der Waals surface area contributed by atoms with Crippen molar-refractivity contribution >= 4 is 29.1 Å². The zero-order valence-corrected chi connectivity index (χ0v) is 18.1. The first-order valence-corrected chi connectivity index (χ1v) is 10.7. The molecule has 0 heterocycles. The minimum atomic E-state index is -1.69. The molecular weight excluding hydrogens is 408 g/mol. The Balaban J connectivity index is 1.74. The van der Waals surface area contributed by atoms with E-state index in [1.165, 1.54) is 19.1 Å². The summed E-state index contributed by atoms with van der Waals surface area (Å²) in [6, 6.07) is 0. The summed E-state index contributed by atoms with van der Waals surface area (Å²) in [4.78, 5) is 36.0. The Labute approximate surface area is 180 Å². The van der Waals surface area contributed by atoms with E-state index in [1.807, 2.05) is 26.0 Å². The first-order chi connectivity index (χ1) is 13.9. The van der Waals surface area contributed by atoms with Gasteiger partial charge in [0.05, 0.1) is 6.10 Å². The smallest absolute Gasteiger partial charge is 0.303 e. The van der Waals surface area contributed by atoms with Crippen LogP contribution in [0.1, 0.15) is 40.0 Å². The van der Waals surface area contributed by atoms with Gasteiger partial charge in [0.15, 0.2) is 12.4 Å². The highest BCUT2D eigenvalue weighted by Crippen LogP contribution is 2.66. The predicted molar refractivity (Wildman–Crippen MR) is 109 cm³/mol. The van der Waals surface area contributed by atoms with Gasteiger partial charge in [-0.2, -0.15) is 0 Å². The number of rotatable bonds is 3. The van der Waals surface area contributed by atoms with Gasteiger partial charge in [0.25, 0.3) is 0 Å². The van der Waals surface area contributed by atoms with Crippen LogP contribution in [0, 0.1) is 28.6 Å². The van der Waals surface area contributed by atoms with Crippen LogP contribution in [0.5, 0.6) is 0 Å². The largest absolute Gasteiger partial charge is 0.458 e. The fourth-order valence-electron chi connectivity index (χ4n) is 6.61. The van der Waals surface area contributed by atoms with E-state index in [4.69, 9.17) is 16.3 Å². The summed E-state index contributed by atoms with van der Waals surface area (Å²) < 4.78 is 4.86. The van der Waals surface area contributed by atoms with E-state index in [2.05, 4.69) is 0 Å². The molecule has 162 valence electrons. The summed E-state index contributed by atoms with van der Waals surface area (Å²) in [5.74, 6) is -1.72. The molecule has 7 heteroatoms. The number of Topliss-reactive ketones (excluding diaryl/α,β-unsaturated/α-hetero) is 1. The molecule has 4 rings (SSSR count). The van der Waals surface area contributed by atoms with Crippen molar-refractivity contribution in [2.45, 2.75) is 51.7 Å². The Kier molecular flexibility index (Phi) is 4.92. The van der Waals surface area contributed by atoms with E-state index in [1.54, 1.807) is 0 Å². The fraction of sp³-hybridized carbons (Fsp3) is 0.609. The van der Waals surface area contributed by atoms with Gasteiger partial charge in [-0.1, -0.05) is 37.6 Å². The molecule has 2 N–H and O–H groups in total. The van der Waals surface area contributed by atoms with Crippen LogP contribution in [-0.2, 0) is 19.1 Å². The van der Waals surface area contributed by atoms with Crippen molar-refractivity contribution in [1.29, 1.82) is 0 Å². The molecule has 0 aromatic carbocycles. The fourth-order valence-corrected chi connectivity index (χ4v) is 7.01. The maximum atomic E-state index is 12.9. The van der Waals surface area contributed by atoms with Crippen molar-refractivity contribution in [3.05, 3.63) is 34.9 Å².